The van der Waals surface area contributed by atoms with E-state index in [-0.39, 0.29) is 0 Å². The predicted octanol–water partition coefficient (Wildman–Crippen LogP) is 2.79. The van der Waals surface area contributed by atoms with Gasteiger partial charge < -0.3 is 10.1 Å². The average Bonchev–Trinajstić information content (AvgIpc) is 2.63. The number of nitrogens with zero attached hydrogens (tertiary/aromatic N) is 2. The van der Waals surface area contributed by atoms with Crippen molar-refractivity contribution in [3.05, 3.63) is 48.2 Å². The van der Waals surface area contributed by atoms with E-state index in [1.54, 1.807) is 18.3 Å². The minimum Gasteiger partial charge on any atom is -0.464 e. The van der Waals surface area contributed by atoms with Crippen molar-refractivity contribution in [3.8, 4) is 5.75 Å². The standard InChI is InChI=1S/C19H21N3O3/c1-4-13-8-10-14(11-9-13)21-17(23)19(3)18(24)22(5-2)16-15(25-19)7-6-12-20-16/h6-12H,4-5H2,1-3H3,(H,21,23)/t19-/m1/s1. The molecule has 130 valence electrons. The highest BCUT2D eigenvalue weighted by atomic mass is 16.5. The topological polar surface area (TPSA) is 71.5 Å². The molecule has 1 aromatic carbocycles. The molecule has 1 N–H and O–H groups in total. The predicted molar refractivity (Wildman–Crippen MR) is 95.7 cm³/mol. The quantitative estimate of drug-likeness (QED) is 0.870. The Balaban J connectivity index is 1.89. The molecule has 0 saturated heterocycles. The van der Waals surface area contributed by atoms with E-state index in [1.807, 2.05) is 31.2 Å². The lowest BCUT2D eigenvalue weighted by molar-refractivity contribution is -0.145. The summed E-state index contributed by atoms with van der Waals surface area (Å²) in [5.41, 5.74) is 0.154. The normalized spacial score (nSPS) is 19.2. The molecule has 1 aromatic heterocycles. The highest BCUT2D eigenvalue weighted by molar-refractivity contribution is 6.19. The first-order valence-corrected chi connectivity index (χ1v) is 8.36. The van der Waals surface area contributed by atoms with Gasteiger partial charge in [0.1, 0.15) is 0 Å². The van der Waals surface area contributed by atoms with Gasteiger partial charge in [-0.25, -0.2) is 4.98 Å². The van der Waals surface area contributed by atoms with E-state index in [2.05, 4.69) is 17.2 Å². The van der Waals surface area contributed by atoms with Gasteiger partial charge in [0.25, 0.3) is 17.4 Å². The summed E-state index contributed by atoms with van der Waals surface area (Å²) >= 11 is 0. The van der Waals surface area contributed by atoms with Crippen molar-refractivity contribution in [1.29, 1.82) is 0 Å². The monoisotopic (exact) mass is 339 g/mol. The van der Waals surface area contributed by atoms with Crippen molar-refractivity contribution in [2.45, 2.75) is 32.8 Å². The van der Waals surface area contributed by atoms with Crippen molar-refractivity contribution in [2.75, 3.05) is 16.8 Å². The fourth-order valence-electron chi connectivity index (χ4n) is 2.79. The van der Waals surface area contributed by atoms with Crippen LogP contribution in [0.4, 0.5) is 11.5 Å². The third kappa shape index (κ3) is 2.95. The number of likely N-dealkylation sites (N-methyl/N-ethyl adjacent to an activating group) is 1. The maximum atomic E-state index is 12.9. The number of nitrogens with one attached hydrogen (secondary N) is 1. The molecule has 0 spiro atoms. The van der Waals surface area contributed by atoms with Crippen LogP contribution >= 0.6 is 0 Å². The van der Waals surface area contributed by atoms with Crippen LogP contribution < -0.4 is 15.0 Å². The molecular weight excluding hydrogens is 318 g/mol. The van der Waals surface area contributed by atoms with E-state index in [1.165, 1.54) is 17.4 Å². The van der Waals surface area contributed by atoms with Gasteiger partial charge in [-0.05, 0) is 50.1 Å². The van der Waals surface area contributed by atoms with Crippen LogP contribution in [0.5, 0.6) is 5.75 Å². The summed E-state index contributed by atoms with van der Waals surface area (Å²) in [5, 5.41) is 2.78. The summed E-state index contributed by atoms with van der Waals surface area (Å²) < 4.78 is 5.78. The Labute approximate surface area is 146 Å². The number of aryl methyl sites for hydroxylation is 1. The number of aromatic nitrogens is 1. The highest BCUT2D eigenvalue weighted by Gasteiger charge is 2.50. The smallest absolute Gasteiger partial charge is 0.282 e. The largest absolute Gasteiger partial charge is 0.464 e. The Morgan fingerprint density at radius 1 is 1.24 bits per heavy atom. The molecule has 0 saturated carbocycles. The van der Waals surface area contributed by atoms with Gasteiger partial charge >= 0.3 is 0 Å². The number of rotatable bonds is 4. The van der Waals surface area contributed by atoms with Gasteiger partial charge in [0.15, 0.2) is 11.6 Å². The Morgan fingerprint density at radius 3 is 2.60 bits per heavy atom. The maximum absolute atomic E-state index is 12.9. The molecule has 0 unspecified atom stereocenters. The minimum absolute atomic E-state index is 0.403. The number of carbonyl (C=O) groups is 2. The molecule has 2 aromatic rings. The van der Waals surface area contributed by atoms with Crippen molar-refractivity contribution in [1.82, 2.24) is 4.98 Å². The SMILES string of the molecule is CCc1ccc(NC(=O)[C@@]2(C)Oc3cccnc3N(CC)C2=O)cc1. The number of carbonyl (C=O) groups excluding carboxylic acids is 2. The van der Waals surface area contributed by atoms with Gasteiger partial charge in [0.2, 0.25) is 0 Å². The molecule has 3 rings (SSSR count). The van der Waals surface area contributed by atoms with Gasteiger partial charge in [-0.2, -0.15) is 0 Å². The van der Waals surface area contributed by atoms with Crippen LogP contribution in [0.3, 0.4) is 0 Å². The van der Waals surface area contributed by atoms with Gasteiger partial charge in [-0.15, -0.1) is 0 Å². The Bertz CT molecular complexity index is 804. The minimum atomic E-state index is -1.64. The molecule has 0 aliphatic carbocycles. The van der Waals surface area contributed by atoms with E-state index < -0.39 is 17.4 Å². The molecule has 6 nitrogen and oxygen atoms in total. The highest BCUT2D eigenvalue weighted by Crippen LogP contribution is 2.36. The summed E-state index contributed by atoms with van der Waals surface area (Å²) in [6, 6.07) is 10.9. The summed E-state index contributed by atoms with van der Waals surface area (Å²) in [6.45, 7) is 5.79. The first-order chi connectivity index (χ1) is 12.0. The van der Waals surface area contributed by atoms with E-state index in [9.17, 15) is 9.59 Å². The molecule has 0 bridgehead atoms. The summed E-state index contributed by atoms with van der Waals surface area (Å²) in [5.74, 6) is -0.0749. The molecule has 2 amide bonds. The molecule has 0 radical (unpaired) electrons. The number of benzene rings is 1. The van der Waals surface area contributed by atoms with Crippen LogP contribution in [0.1, 0.15) is 26.3 Å². The molecule has 6 heteroatoms. The first-order valence-electron chi connectivity index (χ1n) is 8.36. The number of anilines is 2. The number of amides is 2. The van der Waals surface area contributed by atoms with Crippen molar-refractivity contribution in [2.24, 2.45) is 0 Å². The van der Waals surface area contributed by atoms with Crippen molar-refractivity contribution in [3.63, 3.8) is 0 Å². The molecule has 1 aliphatic heterocycles. The summed E-state index contributed by atoms with van der Waals surface area (Å²) in [6.07, 6.45) is 2.51. The lowest BCUT2D eigenvalue weighted by Crippen LogP contribution is -2.60. The molecule has 25 heavy (non-hydrogen) atoms. The molecule has 1 atom stereocenters. The third-order valence-electron chi connectivity index (χ3n) is 4.34. The second kappa shape index (κ2) is 6.55. The number of fused-ring (bicyclic) bond motifs is 1. The molecular formula is C19H21N3O3. The zero-order valence-electron chi connectivity index (χ0n) is 14.6. The second-order valence-corrected chi connectivity index (χ2v) is 6.01. The van der Waals surface area contributed by atoms with E-state index in [0.29, 0.717) is 23.8 Å². The van der Waals surface area contributed by atoms with Gasteiger partial charge in [-0.3, -0.25) is 14.5 Å². The van der Waals surface area contributed by atoms with Crippen LogP contribution in [-0.2, 0) is 16.0 Å². The van der Waals surface area contributed by atoms with Crippen LogP contribution in [0.15, 0.2) is 42.6 Å². The second-order valence-electron chi connectivity index (χ2n) is 6.01. The van der Waals surface area contributed by atoms with Gasteiger partial charge in [0, 0.05) is 18.4 Å². The Hall–Kier alpha value is -2.89. The van der Waals surface area contributed by atoms with Crippen molar-refractivity contribution < 1.29 is 14.3 Å². The molecule has 2 heterocycles. The van der Waals surface area contributed by atoms with E-state index in [4.69, 9.17) is 4.74 Å². The number of hydrogen-bond acceptors (Lipinski definition) is 4. The zero-order chi connectivity index (χ0) is 18.0. The number of hydrogen-bond donors (Lipinski definition) is 1. The Morgan fingerprint density at radius 2 is 1.96 bits per heavy atom. The fraction of sp³-hybridized carbons (Fsp3) is 0.316. The third-order valence-corrected chi connectivity index (χ3v) is 4.34. The van der Waals surface area contributed by atoms with Crippen molar-refractivity contribution >= 4 is 23.3 Å². The zero-order valence-corrected chi connectivity index (χ0v) is 14.6. The molecule has 0 fully saturated rings. The fourth-order valence-corrected chi connectivity index (χ4v) is 2.79. The lowest BCUT2D eigenvalue weighted by atomic mass is 10.0. The molecule has 1 aliphatic rings. The maximum Gasteiger partial charge on any atom is 0.282 e. The van der Waals surface area contributed by atoms with Crippen LogP contribution in [0, 0.1) is 0 Å². The Kier molecular flexibility index (Phi) is 4.44. The van der Waals surface area contributed by atoms with Crippen LogP contribution in [0.25, 0.3) is 0 Å². The van der Waals surface area contributed by atoms with E-state index >= 15 is 0 Å². The number of pyridine rings is 1. The van der Waals surface area contributed by atoms with Crippen LogP contribution in [0.2, 0.25) is 0 Å². The first kappa shape index (κ1) is 17.0. The average molecular weight is 339 g/mol. The summed E-state index contributed by atoms with van der Waals surface area (Å²) in [4.78, 5) is 31.4. The summed E-state index contributed by atoms with van der Waals surface area (Å²) in [7, 11) is 0. The van der Waals surface area contributed by atoms with Crippen LogP contribution in [-0.4, -0.2) is 28.9 Å². The van der Waals surface area contributed by atoms with E-state index in [0.717, 1.165) is 6.42 Å². The van der Waals surface area contributed by atoms with Gasteiger partial charge in [-0.1, -0.05) is 19.1 Å². The lowest BCUT2D eigenvalue weighted by Gasteiger charge is -2.38. The number of ether oxygens (including phenoxy) is 1. The van der Waals surface area contributed by atoms with Gasteiger partial charge in [0.05, 0.1) is 0 Å².